The fourth-order valence-corrected chi connectivity index (χ4v) is 3.74. The standard InChI is InChI=1S/C19H21F3N2O7S/c1-29-17(28)18(12-7-8-24(23-12)19(20,21)22)15(13(25)14(26)16(27)31-18)30-9-10-3-5-11(32-2)6-4-10/h3-8,13-16,25-27H,9H2,1-2H3/t13-,14-,15+,16-,18+/m1/s1. The fraction of sp³-hybridized carbons (Fsp3) is 0.474. The number of aliphatic hydroxyl groups excluding tert-OH is 3. The van der Waals surface area contributed by atoms with Crippen LogP contribution in [0, 0.1) is 0 Å². The third-order valence-electron chi connectivity index (χ3n) is 4.97. The molecule has 1 aromatic carbocycles. The number of ether oxygens (including phenoxy) is 3. The topological polar surface area (TPSA) is 123 Å². The van der Waals surface area contributed by atoms with Crippen molar-refractivity contribution in [3.05, 3.63) is 47.8 Å². The zero-order valence-electron chi connectivity index (χ0n) is 16.9. The largest absolute Gasteiger partial charge is 0.504 e. The predicted molar refractivity (Wildman–Crippen MR) is 103 cm³/mol. The Kier molecular flexibility index (Phi) is 7.17. The van der Waals surface area contributed by atoms with Crippen molar-refractivity contribution < 1.29 is 47.5 Å². The lowest BCUT2D eigenvalue weighted by Gasteiger charge is -2.46. The number of aromatic nitrogens is 2. The number of rotatable bonds is 6. The monoisotopic (exact) mass is 478 g/mol. The van der Waals surface area contributed by atoms with Crippen LogP contribution in [0.2, 0.25) is 0 Å². The molecule has 3 rings (SSSR count). The predicted octanol–water partition coefficient (Wildman–Crippen LogP) is 1.11. The van der Waals surface area contributed by atoms with E-state index in [4.69, 9.17) is 14.2 Å². The molecule has 0 aliphatic carbocycles. The minimum absolute atomic E-state index is 0.207. The quantitative estimate of drug-likeness (QED) is 0.414. The molecule has 3 N–H and O–H groups in total. The van der Waals surface area contributed by atoms with Gasteiger partial charge in [-0.25, -0.2) is 4.79 Å². The minimum Gasteiger partial charge on any atom is -0.466 e. The number of hydrogen-bond acceptors (Lipinski definition) is 9. The molecule has 0 spiro atoms. The van der Waals surface area contributed by atoms with Crippen molar-refractivity contribution in [2.24, 2.45) is 0 Å². The SMILES string of the molecule is COC(=O)[C@@]1(c2ccn(C(F)(F)F)n2)O[C@@H](O)[C@H](O)[C@@H](O)[C@@H]1OCc1ccc(SC)cc1. The molecule has 9 nitrogen and oxygen atoms in total. The van der Waals surface area contributed by atoms with Gasteiger partial charge >= 0.3 is 12.3 Å². The summed E-state index contributed by atoms with van der Waals surface area (Å²) < 4.78 is 54.5. The third kappa shape index (κ3) is 4.49. The smallest absolute Gasteiger partial charge is 0.466 e. The maximum absolute atomic E-state index is 13.1. The summed E-state index contributed by atoms with van der Waals surface area (Å²) in [5.41, 5.74) is -2.62. The van der Waals surface area contributed by atoms with Gasteiger partial charge in [0.05, 0.1) is 13.7 Å². The first kappa shape index (κ1) is 24.5. The number of nitrogens with zero attached hydrogens (tertiary/aromatic N) is 2. The number of esters is 1. The van der Waals surface area contributed by atoms with E-state index >= 15 is 0 Å². The molecule has 0 unspecified atom stereocenters. The molecule has 1 aliphatic heterocycles. The van der Waals surface area contributed by atoms with Crippen LogP contribution in [0.4, 0.5) is 13.2 Å². The Morgan fingerprint density at radius 3 is 2.41 bits per heavy atom. The van der Waals surface area contributed by atoms with Crippen molar-refractivity contribution in [3.63, 3.8) is 0 Å². The van der Waals surface area contributed by atoms with Crippen LogP contribution in [0.25, 0.3) is 0 Å². The van der Waals surface area contributed by atoms with Crippen LogP contribution in [-0.4, -0.2) is 69.0 Å². The van der Waals surface area contributed by atoms with Crippen LogP contribution >= 0.6 is 11.8 Å². The summed E-state index contributed by atoms with van der Waals surface area (Å²) in [4.78, 5) is 13.8. The number of halogens is 3. The van der Waals surface area contributed by atoms with Gasteiger partial charge in [0.25, 0.3) is 0 Å². The lowest BCUT2D eigenvalue weighted by atomic mass is 9.83. The Morgan fingerprint density at radius 1 is 1.22 bits per heavy atom. The molecule has 13 heteroatoms. The first-order valence-electron chi connectivity index (χ1n) is 9.23. The lowest BCUT2D eigenvalue weighted by molar-refractivity contribution is -0.329. The van der Waals surface area contributed by atoms with E-state index in [0.29, 0.717) is 11.8 Å². The first-order valence-corrected chi connectivity index (χ1v) is 10.5. The number of hydrogen-bond donors (Lipinski definition) is 3. The minimum atomic E-state index is -4.91. The maximum atomic E-state index is 13.1. The number of benzene rings is 1. The molecule has 5 atom stereocenters. The third-order valence-corrected chi connectivity index (χ3v) is 5.71. The van der Waals surface area contributed by atoms with E-state index < -0.39 is 48.2 Å². The average Bonchev–Trinajstić information content (AvgIpc) is 3.28. The number of carbonyl (C=O) groups excluding carboxylic acids is 1. The van der Waals surface area contributed by atoms with E-state index in [2.05, 4.69) is 5.10 Å². The highest BCUT2D eigenvalue weighted by molar-refractivity contribution is 7.98. The van der Waals surface area contributed by atoms with Gasteiger partial charge in [0.15, 0.2) is 6.29 Å². The molecule has 0 radical (unpaired) electrons. The molecule has 1 aliphatic rings. The normalized spacial score (nSPS) is 28.5. The van der Waals surface area contributed by atoms with Gasteiger partial charge < -0.3 is 29.5 Å². The zero-order valence-corrected chi connectivity index (χ0v) is 17.7. The summed E-state index contributed by atoms with van der Waals surface area (Å²) in [6.45, 7) is -0.207. The van der Waals surface area contributed by atoms with Crippen molar-refractivity contribution in [2.45, 2.75) is 48.0 Å². The second-order valence-corrected chi connectivity index (χ2v) is 7.79. The molecule has 32 heavy (non-hydrogen) atoms. The van der Waals surface area contributed by atoms with E-state index in [0.717, 1.165) is 18.1 Å². The maximum Gasteiger partial charge on any atom is 0.504 e. The van der Waals surface area contributed by atoms with Crippen LogP contribution in [0.3, 0.4) is 0 Å². The second-order valence-electron chi connectivity index (χ2n) is 6.91. The summed E-state index contributed by atoms with van der Waals surface area (Å²) in [5, 5.41) is 34.1. The van der Waals surface area contributed by atoms with Crippen molar-refractivity contribution in [1.29, 1.82) is 0 Å². The highest BCUT2D eigenvalue weighted by atomic mass is 32.2. The van der Waals surface area contributed by atoms with Crippen LogP contribution in [0.1, 0.15) is 11.3 Å². The lowest BCUT2D eigenvalue weighted by Crippen LogP contribution is -2.66. The molecule has 1 saturated heterocycles. The molecule has 0 saturated carbocycles. The highest BCUT2D eigenvalue weighted by Crippen LogP contribution is 2.41. The number of carbonyl (C=O) groups is 1. The Bertz CT molecular complexity index is 940. The molecule has 2 heterocycles. The summed E-state index contributed by atoms with van der Waals surface area (Å²) >= 11 is 1.51. The van der Waals surface area contributed by atoms with Crippen molar-refractivity contribution in [3.8, 4) is 0 Å². The molecule has 0 amide bonds. The van der Waals surface area contributed by atoms with Crippen LogP contribution < -0.4 is 0 Å². The van der Waals surface area contributed by atoms with Gasteiger partial charge in [-0.05, 0) is 30.0 Å². The van der Waals surface area contributed by atoms with Gasteiger partial charge in [-0.15, -0.1) is 24.9 Å². The molecule has 1 fully saturated rings. The second kappa shape index (κ2) is 9.37. The van der Waals surface area contributed by atoms with E-state index in [-0.39, 0.29) is 11.3 Å². The fourth-order valence-electron chi connectivity index (χ4n) is 3.33. The van der Waals surface area contributed by atoms with Gasteiger partial charge in [0.1, 0.15) is 24.0 Å². The summed E-state index contributed by atoms with van der Waals surface area (Å²) in [7, 11) is 0.941. The van der Waals surface area contributed by atoms with Crippen LogP contribution in [0.5, 0.6) is 0 Å². The Hall–Kier alpha value is -2.16. The Balaban J connectivity index is 2.03. The van der Waals surface area contributed by atoms with Gasteiger partial charge in [-0.2, -0.15) is 9.78 Å². The van der Waals surface area contributed by atoms with Gasteiger partial charge in [0, 0.05) is 11.1 Å². The molecule has 2 aromatic rings. The molecule has 1 aromatic heterocycles. The Morgan fingerprint density at radius 2 is 1.88 bits per heavy atom. The number of thioether (sulfide) groups is 1. The van der Waals surface area contributed by atoms with Crippen molar-refractivity contribution in [1.82, 2.24) is 9.78 Å². The van der Waals surface area contributed by atoms with Crippen LogP contribution in [0.15, 0.2) is 41.4 Å². The molecular formula is C19H21F3N2O7S. The molecular weight excluding hydrogens is 457 g/mol. The van der Waals surface area contributed by atoms with Gasteiger partial charge in [0.2, 0.25) is 5.60 Å². The number of methoxy groups -OCH3 is 1. The highest BCUT2D eigenvalue weighted by Gasteiger charge is 2.62. The van der Waals surface area contributed by atoms with Crippen LogP contribution in [-0.2, 0) is 37.5 Å². The van der Waals surface area contributed by atoms with E-state index in [1.165, 1.54) is 11.8 Å². The average molecular weight is 478 g/mol. The van der Waals surface area contributed by atoms with Gasteiger partial charge in [-0.1, -0.05) is 12.1 Å². The first-order chi connectivity index (χ1) is 15.0. The van der Waals surface area contributed by atoms with Crippen molar-refractivity contribution in [2.75, 3.05) is 13.4 Å². The van der Waals surface area contributed by atoms with E-state index in [9.17, 15) is 33.3 Å². The van der Waals surface area contributed by atoms with E-state index in [1.54, 1.807) is 24.3 Å². The molecule has 0 bridgehead atoms. The summed E-state index contributed by atoms with van der Waals surface area (Å²) in [6, 6.07) is 7.85. The molecule has 176 valence electrons. The summed E-state index contributed by atoms with van der Waals surface area (Å²) in [5.74, 6) is -1.28. The number of alkyl halides is 3. The zero-order chi connectivity index (χ0) is 23.7. The van der Waals surface area contributed by atoms with Crippen molar-refractivity contribution >= 4 is 17.7 Å². The summed E-state index contributed by atoms with van der Waals surface area (Å²) in [6.07, 6.45) is -10.2. The Labute approximate surface area is 184 Å². The van der Waals surface area contributed by atoms with E-state index in [1.807, 2.05) is 6.26 Å². The number of aliphatic hydroxyl groups is 3. The van der Waals surface area contributed by atoms with Gasteiger partial charge in [-0.3, -0.25) is 0 Å².